The largest absolute Gasteiger partial charge is 0.382 e. The summed E-state index contributed by atoms with van der Waals surface area (Å²) in [5.41, 5.74) is 1.74. The van der Waals surface area contributed by atoms with Crippen LogP contribution in [0.15, 0.2) is 27.7 Å². The van der Waals surface area contributed by atoms with Gasteiger partial charge in [0.25, 0.3) is 5.56 Å². The Hall–Kier alpha value is -1.63. The van der Waals surface area contributed by atoms with E-state index in [9.17, 15) is 4.79 Å². The van der Waals surface area contributed by atoms with E-state index < -0.39 is 0 Å². The lowest BCUT2D eigenvalue weighted by Gasteiger charge is -2.09. The SMILES string of the molecule is CCn1ncc(NCCc2ccnn2C)c(Br)c1=O. The molecule has 102 valence electrons. The lowest BCUT2D eigenvalue weighted by atomic mass is 10.3. The Morgan fingerprint density at radius 2 is 2.21 bits per heavy atom. The predicted molar refractivity (Wildman–Crippen MR) is 77.3 cm³/mol. The van der Waals surface area contributed by atoms with Gasteiger partial charge in [0.2, 0.25) is 0 Å². The van der Waals surface area contributed by atoms with Crippen molar-refractivity contribution in [2.24, 2.45) is 7.05 Å². The molecule has 0 aromatic carbocycles. The smallest absolute Gasteiger partial charge is 0.283 e. The summed E-state index contributed by atoms with van der Waals surface area (Å²) in [7, 11) is 1.91. The third-order valence-electron chi connectivity index (χ3n) is 2.90. The Labute approximate surface area is 119 Å². The van der Waals surface area contributed by atoms with Crippen LogP contribution >= 0.6 is 15.9 Å². The molecule has 2 aromatic heterocycles. The molecule has 0 fully saturated rings. The number of anilines is 1. The molecule has 2 rings (SSSR count). The zero-order valence-electron chi connectivity index (χ0n) is 10.9. The molecule has 19 heavy (non-hydrogen) atoms. The molecule has 0 saturated carbocycles. The number of rotatable bonds is 5. The van der Waals surface area contributed by atoms with Gasteiger partial charge in [0.05, 0.1) is 11.9 Å². The summed E-state index contributed by atoms with van der Waals surface area (Å²) in [5.74, 6) is 0. The molecule has 0 aliphatic heterocycles. The highest BCUT2D eigenvalue weighted by Gasteiger charge is 2.07. The summed E-state index contributed by atoms with van der Waals surface area (Å²) >= 11 is 3.31. The van der Waals surface area contributed by atoms with Gasteiger partial charge in [-0.2, -0.15) is 10.2 Å². The van der Waals surface area contributed by atoms with E-state index in [-0.39, 0.29) is 5.56 Å². The molecule has 0 spiro atoms. The van der Waals surface area contributed by atoms with Crippen molar-refractivity contribution >= 4 is 21.6 Å². The van der Waals surface area contributed by atoms with Gasteiger partial charge in [-0.1, -0.05) is 0 Å². The molecular formula is C12H16BrN5O. The first-order valence-electron chi connectivity index (χ1n) is 6.10. The van der Waals surface area contributed by atoms with E-state index in [0.717, 1.165) is 24.3 Å². The van der Waals surface area contributed by atoms with Crippen LogP contribution in [-0.2, 0) is 20.0 Å². The highest BCUT2D eigenvalue weighted by molar-refractivity contribution is 9.10. The second kappa shape index (κ2) is 6.01. The van der Waals surface area contributed by atoms with Crippen LogP contribution in [-0.4, -0.2) is 26.1 Å². The summed E-state index contributed by atoms with van der Waals surface area (Å²) < 4.78 is 3.77. The molecule has 1 N–H and O–H groups in total. The lowest BCUT2D eigenvalue weighted by molar-refractivity contribution is 0.612. The number of aryl methyl sites for hydroxylation is 2. The Kier molecular flexibility index (Phi) is 4.36. The van der Waals surface area contributed by atoms with E-state index in [4.69, 9.17) is 0 Å². The van der Waals surface area contributed by atoms with Crippen LogP contribution in [0.4, 0.5) is 5.69 Å². The Morgan fingerprint density at radius 1 is 1.42 bits per heavy atom. The van der Waals surface area contributed by atoms with E-state index in [1.807, 2.05) is 24.7 Å². The molecular weight excluding hydrogens is 310 g/mol. The molecule has 0 amide bonds. The average molecular weight is 326 g/mol. The first-order chi connectivity index (χ1) is 9.13. The van der Waals surface area contributed by atoms with Crippen molar-refractivity contribution in [3.05, 3.63) is 39.0 Å². The van der Waals surface area contributed by atoms with Gasteiger partial charge in [-0.3, -0.25) is 9.48 Å². The van der Waals surface area contributed by atoms with Crippen LogP contribution in [0.1, 0.15) is 12.6 Å². The molecule has 6 nitrogen and oxygen atoms in total. The van der Waals surface area contributed by atoms with Gasteiger partial charge in [-0.05, 0) is 28.9 Å². The summed E-state index contributed by atoms with van der Waals surface area (Å²) in [5, 5.41) is 11.4. The van der Waals surface area contributed by atoms with Gasteiger partial charge in [-0.25, -0.2) is 4.68 Å². The zero-order valence-corrected chi connectivity index (χ0v) is 12.5. The average Bonchev–Trinajstić information content (AvgIpc) is 2.81. The second-order valence-electron chi connectivity index (χ2n) is 4.12. The van der Waals surface area contributed by atoms with Crippen molar-refractivity contribution < 1.29 is 0 Å². The van der Waals surface area contributed by atoms with Crippen molar-refractivity contribution in [1.29, 1.82) is 0 Å². The molecule has 7 heteroatoms. The predicted octanol–water partition coefficient (Wildman–Crippen LogP) is 1.41. The molecule has 0 aliphatic carbocycles. The molecule has 0 unspecified atom stereocenters. The minimum absolute atomic E-state index is 0.118. The molecule has 0 aliphatic rings. The van der Waals surface area contributed by atoms with Gasteiger partial charge in [-0.15, -0.1) is 0 Å². The van der Waals surface area contributed by atoms with Crippen molar-refractivity contribution in [1.82, 2.24) is 19.6 Å². The fraction of sp³-hybridized carbons (Fsp3) is 0.417. The lowest BCUT2D eigenvalue weighted by Crippen LogP contribution is -2.24. The minimum atomic E-state index is -0.118. The minimum Gasteiger partial charge on any atom is -0.382 e. The topological polar surface area (TPSA) is 64.7 Å². The van der Waals surface area contributed by atoms with Crippen LogP contribution in [0.2, 0.25) is 0 Å². The number of aromatic nitrogens is 4. The van der Waals surface area contributed by atoms with E-state index in [1.54, 1.807) is 12.4 Å². The van der Waals surface area contributed by atoms with Gasteiger partial charge in [0.15, 0.2) is 0 Å². The van der Waals surface area contributed by atoms with Crippen LogP contribution in [0.3, 0.4) is 0 Å². The monoisotopic (exact) mass is 325 g/mol. The van der Waals surface area contributed by atoms with Crippen molar-refractivity contribution in [2.45, 2.75) is 19.9 Å². The third kappa shape index (κ3) is 3.04. The maximum atomic E-state index is 11.9. The Bertz CT molecular complexity index is 619. The first-order valence-corrected chi connectivity index (χ1v) is 6.89. The van der Waals surface area contributed by atoms with Gasteiger partial charge in [0, 0.05) is 38.4 Å². The quantitative estimate of drug-likeness (QED) is 0.902. The highest BCUT2D eigenvalue weighted by atomic mass is 79.9. The molecule has 0 radical (unpaired) electrons. The van der Waals surface area contributed by atoms with Crippen LogP contribution < -0.4 is 10.9 Å². The Morgan fingerprint density at radius 3 is 2.84 bits per heavy atom. The van der Waals surface area contributed by atoms with E-state index >= 15 is 0 Å². The van der Waals surface area contributed by atoms with Crippen molar-refractivity contribution in [3.8, 4) is 0 Å². The summed E-state index contributed by atoms with van der Waals surface area (Å²) in [6.45, 7) is 3.17. The molecule has 2 aromatic rings. The summed E-state index contributed by atoms with van der Waals surface area (Å²) in [6.07, 6.45) is 4.27. The number of nitrogens with one attached hydrogen (secondary N) is 1. The number of hydrogen-bond donors (Lipinski definition) is 1. The van der Waals surface area contributed by atoms with Crippen LogP contribution in [0, 0.1) is 0 Å². The van der Waals surface area contributed by atoms with Crippen molar-refractivity contribution in [2.75, 3.05) is 11.9 Å². The second-order valence-corrected chi connectivity index (χ2v) is 4.91. The van der Waals surface area contributed by atoms with E-state index in [0.29, 0.717) is 11.0 Å². The number of halogens is 1. The number of nitrogens with zero attached hydrogens (tertiary/aromatic N) is 4. The summed E-state index contributed by atoms with van der Waals surface area (Å²) in [6, 6.07) is 1.98. The van der Waals surface area contributed by atoms with Gasteiger partial charge in [0.1, 0.15) is 4.47 Å². The maximum Gasteiger partial charge on any atom is 0.283 e. The molecule has 0 bridgehead atoms. The number of hydrogen-bond acceptors (Lipinski definition) is 4. The zero-order chi connectivity index (χ0) is 13.8. The molecule has 0 saturated heterocycles. The first kappa shape index (κ1) is 13.8. The van der Waals surface area contributed by atoms with Gasteiger partial charge < -0.3 is 5.32 Å². The van der Waals surface area contributed by atoms with Crippen LogP contribution in [0.5, 0.6) is 0 Å². The molecule has 0 atom stereocenters. The highest BCUT2D eigenvalue weighted by Crippen LogP contribution is 2.15. The Balaban J connectivity index is 2.02. The van der Waals surface area contributed by atoms with E-state index in [2.05, 4.69) is 31.4 Å². The normalized spacial score (nSPS) is 10.7. The fourth-order valence-electron chi connectivity index (χ4n) is 1.79. The van der Waals surface area contributed by atoms with E-state index in [1.165, 1.54) is 4.68 Å². The van der Waals surface area contributed by atoms with Crippen molar-refractivity contribution in [3.63, 3.8) is 0 Å². The maximum absolute atomic E-state index is 11.9. The fourth-order valence-corrected chi connectivity index (χ4v) is 2.23. The standard InChI is InChI=1S/C12H16BrN5O/c1-3-18-12(19)11(13)10(8-16-18)14-6-4-9-5-7-15-17(9)2/h5,7-8,14H,3-4,6H2,1-2H3. The summed E-state index contributed by atoms with van der Waals surface area (Å²) in [4.78, 5) is 11.9. The third-order valence-corrected chi connectivity index (χ3v) is 3.67. The van der Waals surface area contributed by atoms with Crippen LogP contribution in [0.25, 0.3) is 0 Å². The van der Waals surface area contributed by atoms with Gasteiger partial charge >= 0.3 is 0 Å². The molecule has 2 heterocycles.